The summed E-state index contributed by atoms with van der Waals surface area (Å²) < 4.78 is 5.88. The number of hydrogen-bond acceptors (Lipinski definition) is 2. The molecule has 1 saturated carbocycles. The molecule has 0 spiro atoms. The molecule has 15 heavy (non-hydrogen) atoms. The third-order valence-electron chi connectivity index (χ3n) is 3.15. The van der Waals surface area contributed by atoms with E-state index in [1.165, 1.54) is 12.0 Å². The molecule has 0 N–H and O–H groups in total. The highest BCUT2D eigenvalue weighted by atomic mass is 16.5. The van der Waals surface area contributed by atoms with E-state index in [0.29, 0.717) is 5.56 Å². The van der Waals surface area contributed by atoms with Crippen molar-refractivity contribution in [3.63, 3.8) is 0 Å². The molecule has 1 aromatic carbocycles. The van der Waals surface area contributed by atoms with Crippen LogP contribution in [0.5, 0.6) is 5.75 Å². The fraction of sp³-hybridized carbons (Fsp3) is 0.308. The van der Waals surface area contributed by atoms with Crippen molar-refractivity contribution in [3.05, 3.63) is 34.9 Å². The lowest BCUT2D eigenvalue weighted by molar-refractivity contribution is 0.111. The molecule has 0 radical (unpaired) electrons. The quantitative estimate of drug-likeness (QED) is 0.651. The molecule has 0 saturated heterocycles. The number of carbonyl (C=O) groups excluding carboxylic acids is 1. The van der Waals surface area contributed by atoms with Gasteiger partial charge in [0.15, 0.2) is 6.29 Å². The largest absolute Gasteiger partial charge is 0.485 e. The number of para-hydroxylation sites is 1. The van der Waals surface area contributed by atoms with Gasteiger partial charge in [0.2, 0.25) is 0 Å². The first-order valence-corrected chi connectivity index (χ1v) is 5.34. The van der Waals surface area contributed by atoms with Gasteiger partial charge in [-0.25, -0.2) is 0 Å². The second-order valence-electron chi connectivity index (χ2n) is 4.10. The molecule has 3 rings (SSSR count). The monoisotopic (exact) mass is 200 g/mol. The van der Waals surface area contributed by atoms with Crippen LogP contribution in [0.4, 0.5) is 0 Å². The second-order valence-corrected chi connectivity index (χ2v) is 4.10. The lowest BCUT2D eigenvalue weighted by Crippen LogP contribution is -2.18. The number of ether oxygens (including phenoxy) is 1. The molecule has 0 bridgehead atoms. The Labute approximate surface area is 88.6 Å². The van der Waals surface area contributed by atoms with Crippen LogP contribution in [0.2, 0.25) is 0 Å². The van der Waals surface area contributed by atoms with Gasteiger partial charge in [-0.3, -0.25) is 4.79 Å². The highest BCUT2D eigenvalue weighted by Gasteiger charge is 2.28. The zero-order valence-electron chi connectivity index (χ0n) is 8.40. The summed E-state index contributed by atoms with van der Waals surface area (Å²) in [6.45, 7) is 0. The summed E-state index contributed by atoms with van der Waals surface area (Å²) in [5, 5.41) is 0. The van der Waals surface area contributed by atoms with Gasteiger partial charge in [0.1, 0.15) is 11.9 Å². The molecule has 2 nitrogen and oxygen atoms in total. The molecule has 2 heteroatoms. The second kappa shape index (κ2) is 3.23. The molecule has 1 unspecified atom stereocenters. The Morgan fingerprint density at radius 1 is 1.40 bits per heavy atom. The first-order chi connectivity index (χ1) is 7.38. The van der Waals surface area contributed by atoms with Crippen LogP contribution in [0.25, 0.3) is 6.08 Å². The summed E-state index contributed by atoms with van der Waals surface area (Å²) in [6.07, 6.45) is 6.68. The fourth-order valence-corrected chi connectivity index (χ4v) is 2.40. The number of carbonyl (C=O) groups is 1. The zero-order valence-corrected chi connectivity index (χ0v) is 8.40. The van der Waals surface area contributed by atoms with Gasteiger partial charge < -0.3 is 4.74 Å². The SMILES string of the molecule is O=Cc1cccc2c1OC1CCCC1=C2. The molecular weight excluding hydrogens is 188 g/mol. The van der Waals surface area contributed by atoms with Crippen LogP contribution in [0.3, 0.4) is 0 Å². The lowest BCUT2D eigenvalue weighted by atomic mass is 10.0. The zero-order chi connectivity index (χ0) is 10.3. The van der Waals surface area contributed by atoms with Crippen LogP contribution in [0.1, 0.15) is 35.2 Å². The standard InChI is InChI=1S/C13H12O2/c14-8-11-5-1-4-10-7-9-3-2-6-12(9)15-13(10)11/h1,4-5,7-8,12H,2-3,6H2. The maximum atomic E-state index is 10.9. The van der Waals surface area contributed by atoms with Crippen LogP contribution in [-0.2, 0) is 0 Å². The highest BCUT2D eigenvalue weighted by Crippen LogP contribution is 2.38. The first-order valence-electron chi connectivity index (χ1n) is 5.34. The average Bonchev–Trinajstić information content (AvgIpc) is 2.72. The molecule has 2 aliphatic rings. The lowest BCUT2D eigenvalue weighted by Gasteiger charge is -2.23. The van der Waals surface area contributed by atoms with Crippen molar-refractivity contribution in [1.82, 2.24) is 0 Å². The van der Waals surface area contributed by atoms with Crippen molar-refractivity contribution in [1.29, 1.82) is 0 Å². The molecule has 1 aliphatic carbocycles. The molecule has 1 heterocycles. The first kappa shape index (κ1) is 8.72. The molecule has 76 valence electrons. The number of hydrogen-bond donors (Lipinski definition) is 0. The van der Waals surface area contributed by atoms with Gasteiger partial charge in [0.05, 0.1) is 5.56 Å². The van der Waals surface area contributed by atoms with E-state index >= 15 is 0 Å². The Hall–Kier alpha value is -1.57. The van der Waals surface area contributed by atoms with Gasteiger partial charge in [-0.15, -0.1) is 0 Å². The number of aldehydes is 1. The van der Waals surface area contributed by atoms with Crippen LogP contribution >= 0.6 is 0 Å². The molecule has 1 fully saturated rings. The van der Waals surface area contributed by atoms with Gasteiger partial charge in [-0.2, -0.15) is 0 Å². The van der Waals surface area contributed by atoms with Crippen molar-refractivity contribution in [2.24, 2.45) is 0 Å². The predicted molar refractivity (Wildman–Crippen MR) is 58.1 cm³/mol. The predicted octanol–water partition coefficient (Wildman–Crippen LogP) is 2.83. The normalized spacial score (nSPS) is 22.4. The van der Waals surface area contributed by atoms with Crippen molar-refractivity contribution in [2.75, 3.05) is 0 Å². The molecule has 1 aliphatic heterocycles. The van der Waals surface area contributed by atoms with E-state index in [0.717, 1.165) is 30.4 Å². The van der Waals surface area contributed by atoms with E-state index in [-0.39, 0.29) is 6.10 Å². The average molecular weight is 200 g/mol. The Balaban J connectivity index is 2.13. The summed E-state index contributed by atoms with van der Waals surface area (Å²) in [7, 11) is 0. The number of rotatable bonds is 1. The summed E-state index contributed by atoms with van der Waals surface area (Å²) in [6, 6.07) is 5.71. The summed E-state index contributed by atoms with van der Waals surface area (Å²) in [4.78, 5) is 10.9. The van der Waals surface area contributed by atoms with Crippen molar-refractivity contribution < 1.29 is 9.53 Å². The van der Waals surface area contributed by atoms with E-state index in [2.05, 4.69) is 6.08 Å². The fourth-order valence-electron chi connectivity index (χ4n) is 2.40. The Morgan fingerprint density at radius 3 is 3.20 bits per heavy atom. The number of fused-ring (bicyclic) bond motifs is 2. The van der Waals surface area contributed by atoms with Gasteiger partial charge in [0, 0.05) is 5.56 Å². The van der Waals surface area contributed by atoms with E-state index in [4.69, 9.17) is 4.74 Å². The Kier molecular flexibility index (Phi) is 1.88. The van der Waals surface area contributed by atoms with E-state index in [1.807, 2.05) is 12.1 Å². The third kappa shape index (κ3) is 1.29. The van der Waals surface area contributed by atoms with Crippen LogP contribution < -0.4 is 4.74 Å². The smallest absolute Gasteiger partial charge is 0.153 e. The Morgan fingerprint density at radius 2 is 2.33 bits per heavy atom. The maximum Gasteiger partial charge on any atom is 0.153 e. The summed E-state index contributed by atoms with van der Waals surface area (Å²) in [5.41, 5.74) is 3.09. The maximum absolute atomic E-state index is 10.9. The van der Waals surface area contributed by atoms with Crippen LogP contribution in [0.15, 0.2) is 23.8 Å². The van der Waals surface area contributed by atoms with Crippen molar-refractivity contribution >= 4 is 12.4 Å². The minimum absolute atomic E-state index is 0.221. The number of benzene rings is 1. The Bertz CT molecular complexity index is 446. The van der Waals surface area contributed by atoms with Crippen LogP contribution in [-0.4, -0.2) is 12.4 Å². The van der Waals surface area contributed by atoms with E-state index < -0.39 is 0 Å². The van der Waals surface area contributed by atoms with E-state index in [1.54, 1.807) is 6.07 Å². The highest BCUT2D eigenvalue weighted by molar-refractivity contribution is 5.83. The van der Waals surface area contributed by atoms with Crippen LogP contribution in [0, 0.1) is 0 Å². The summed E-state index contributed by atoms with van der Waals surface area (Å²) >= 11 is 0. The third-order valence-corrected chi connectivity index (χ3v) is 3.15. The van der Waals surface area contributed by atoms with Gasteiger partial charge >= 0.3 is 0 Å². The van der Waals surface area contributed by atoms with Crippen molar-refractivity contribution in [2.45, 2.75) is 25.4 Å². The minimum Gasteiger partial charge on any atom is -0.485 e. The molecule has 1 aromatic rings. The summed E-state index contributed by atoms with van der Waals surface area (Å²) in [5.74, 6) is 0.767. The molecular formula is C13H12O2. The van der Waals surface area contributed by atoms with E-state index in [9.17, 15) is 4.79 Å². The topological polar surface area (TPSA) is 26.3 Å². The molecule has 1 atom stereocenters. The van der Waals surface area contributed by atoms with Gasteiger partial charge in [0.25, 0.3) is 0 Å². The molecule has 0 aromatic heterocycles. The van der Waals surface area contributed by atoms with Crippen molar-refractivity contribution in [3.8, 4) is 5.75 Å². The minimum atomic E-state index is 0.221. The van der Waals surface area contributed by atoms with Gasteiger partial charge in [-0.1, -0.05) is 12.1 Å². The van der Waals surface area contributed by atoms with Gasteiger partial charge in [-0.05, 0) is 37.0 Å². The molecule has 0 amide bonds.